The molecular formula is C13H22N2. The third kappa shape index (κ3) is 2.32. The summed E-state index contributed by atoms with van der Waals surface area (Å²) in [5.41, 5.74) is 11.1. The highest BCUT2D eigenvalue weighted by molar-refractivity contribution is 5.58. The van der Waals surface area contributed by atoms with E-state index in [1.165, 1.54) is 22.4 Å². The Morgan fingerprint density at radius 2 is 1.80 bits per heavy atom. The van der Waals surface area contributed by atoms with Gasteiger partial charge in [-0.3, -0.25) is 0 Å². The van der Waals surface area contributed by atoms with Gasteiger partial charge < -0.3 is 10.6 Å². The SMILES string of the molecule is Cc1ccc(N(C)C(C)CN)c(C)c1C. The Labute approximate surface area is 93.1 Å². The molecule has 0 spiro atoms. The van der Waals surface area contributed by atoms with Crippen LogP contribution in [0.15, 0.2) is 12.1 Å². The molecular weight excluding hydrogens is 184 g/mol. The molecule has 1 rings (SSSR count). The summed E-state index contributed by atoms with van der Waals surface area (Å²) in [6, 6.07) is 4.74. The molecule has 2 heteroatoms. The summed E-state index contributed by atoms with van der Waals surface area (Å²) in [6.07, 6.45) is 0. The molecule has 0 aromatic heterocycles. The van der Waals surface area contributed by atoms with Crippen LogP contribution in [-0.4, -0.2) is 19.6 Å². The maximum absolute atomic E-state index is 5.69. The first-order valence-corrected chi connectivity index (χ1v) is 5.48. The lowest BCUT2D eigenvalue weighted by Crippen LogP contribution is -2.35. The van der Waals surface area contributed by atoms with E-state index in [1.54, 1.807) is 0 Å². The number of nitrogens with zero attached hydrogens (tertiary/aromatic N) is 1. The van der Waals surface area contributed by atoms with Gasteiger partial charge in [0, 0.05) is 25.3 Å². The van der Waals surface area contributed by atoms with Gasteiger partial charge in [-0.15, -0.1) is 0 Å². The summed E-state index contributed by atoms with van der Waals surface area (Å²) in [4.78, 5) is 2.25. The zero-order chi connectivity index (χ0) is 11.6. The Hall–Kier alpha value is -1.02. The summed E-state index contributed by atoms with van der Waals surface area (Å²) in [5, 5.41) is 0. The van der Waals surface area contributed by atoms with Gasteiger partial charge in [-0.2, -0.15) is 0 Å². The number of rotatable bonds is 3. The first kappa shape index (κ1) is 12.1. The minimum atomic E-state index is 0.380. The van der Waals surface area contributed by atoms with Crippen molar-refractivity contribution < 1.29 is 0 Å². The molecule has 0 aliphatic rings. The van der Waals surface area contributed by atoms with Crippen LogP contribution in [0.25, 0.3) is 0 Å². The topological polar surface area (TPSA) is 29.3 Å². The van der Waals surface area contributed by atoms with Gasteiger partial charge >= 0.3 is 0 Å². The van der Waals surface area contributed by atoms with Crippen LogP contribution in [0, 0.1) is 20.8 Å². The van der Waals surface area contributed by atoms with E-state index in [9.17, 15) is 0 Å². The number of hydrogen-bond acceptors (Lipinski definition) is 2. The van der Waals surface area contributed by atoms with E-state index in [4.69, 9.17) is 5.73 Å². The van der Waals surface area contributed by atoms with Crippen LogP contribution >= 0.6 is 0 Å². The summed E-state index contributed by atoms with van der Waals surface area (Å²) in [6.45, 7) is 9.34. The fourth-order valence-corrected chi connectivity index (χ4v) is 1.72. The molecule has 0 aliphatic heterocycles. The van der Waals surface area contributed by atoms with Crippen LogP contribution in [0.1, 0.15) is 23.6 Å². The van der Waals surface area contributed by atoms with Crippen molar-refractivity contribution in [2.24, 2.45) is 5.73 Å². The summed E-state index contributed by atoms with van der Waals surface area (Å²) in [7, 11) is 2.11. The van der Waals surface area contributed by atoms with E-state index in [0.717, 1.165) is 0 Å². The van der Waals surface area contributed by atoms with Crippen molar-refractivity contribution in [3.8, 4) is 0 Å². The van der Waals surface area contributed by atoms with Gasteiger partial charge in [-0.1, -0.05) is 6.07 Å². The van der Waals surface area contributed by atoms with Crippen molar-refractivity contribution in [2.45, 2.75) is 33.7 Å². The normalized spacial score (nSPS) is 12.7. The van der Waals surface area contributed by atoms with Crippen molar-refractivity contribution in [1.29, 1.82) is 0 Å². The number of benzene rings is 1. The van der Waals surface area contributed by atoms with Crippen molar-refractivity contribution >= 4 is 5.69 Å². The Kier molecular flexibility index (Phi) is 3.75. The molecule has 0 bridgehead atoms. The molecule has 0 radical (unpaired) electrons. The van der Waals surface area contributed by atoms with Crippen LogP contribution < -0.4 is 10.6 Å². The summed E-state index contributed by atoms with van der Waals surface area (Å²) < 4.78 is 0. The predicted octanol–water partition coefficient (Wildman–Crippen LogP) is 2.40. The van der Waals surface area contributed by atoms with Gasteiger partial charge in [0.2, 0.25) is 0 Å². The highest BCUT2D eigenvalue weighted by Gasteiger charge is 2.12. The van der Waals surface area contributed by atoms with Crippen molar-refractivity contribution in [3.63, 3.8) is 0 Å². The Morgan fingerprint density at radius 3 is 2.33 bits per heavy atom. The fourth-order valence-electron chi connectivity index (χ4n) is 1.72. The van der Waals surface area contributed by atoms with Gasteiger partial charge in [0.1, 0.15) is 0 Å². The van der Waals surface area contributed by atoms with Crippen molar-refractivity contribution in [3.05, 3.63) is 28.8 Å². The second-order valence-corrected chi connectivity index (χ2v) is 4.35. The molecule has 1 aromatic rings. The maximum Gasteiger partial charge on any atom is 0.0399 e. The molecule has 0 fully saturated rings. The molecule has 2 nitrogen and oxygen atoms in total. The molecule has 0 aliphatic carbocycles. The quantitative estimate of drug-likeness (QED) is 0.823. The predicted molar refractivity (Wildman–Crippen MR) is 67.6 cm³/mol. The van der Waals surface area contributed by atoms with E-state index >= 15 is 0 Å². The first-order valence-electron chi connectivity index (χ1n) is 5.48. The van der Waals surface area contributed by atoms with E-state index < -0.39 is 0 Å². The van der Waals surface area contributed by atoms with Crippen LogP contribution in [0.5, 0.6) is 0 Å². The van der Waals surface area contributed by atoms with E-state index in [2.05, 4.69) is 51.8 Å². The molecule has 0 heterocycles. The third-order valence-electron chi connectivity index (χ3n) is 3.41. The number of anilines is 1. The van der Waals surface area contributed by atoms with Gasteiger partial charge in [-0.05, 0) is 50.5 Å². The lowest BCUT2D eigenvalue weighted by Gasteiger charge is -2.28. The smallest absolute Gasteiger partial charge is 0.0399 e. The largest absolute Gasteiger partial charge is 0.370 e. The second kappa shape index (κ2) is 4.67. The monoisotopic (exact) mass is 206 g/mol. The lowest BCUT2D eigenvalue weighted by atomic mass is 10.0. The fraction of sp³-hybridized carbons (Fsp3) is 0.538. The van der Waals surface area contributed by atoms with Crippen molar-refractivity contribution in [2.75, 3.05) is 18.5 Å². The Balaban J connectivity index is 3.10. The highest BCUT2D eigenvalue weighted by atomic mass is 15.1. The van der Waals surface area contributed by atoms with Crippen LogP contribution in [-0.2, 0) is 0 Å². The molecule has 1 unspecified atom stereocenters. The Morgan fingerprint density at radius 1 is 1.20 bits per heavy atom. The minimum Gasteiger partial charge on any atom is -0.370 e. The van der Waals surface area contributed by atoms with Gasteiger partial charge in [0.25, 0.3) is 0 Å². The summed E-state index contributed by atoms with van der Waals surface area (Å²) >= 11 is 0. The number of hydrogen-bond donors (Lipinski definition) is 1. The minimum absolute atomic E-state index is 0.380. The Bertz CT molecular complexity index is 345. The van der Waals surface area contributed by atoms with Crippen LogP contribution in [0.4, 0.5) is 5.69 Å². The molecule has 2 N–H and O–H groups in total. The molecule has 0 saturated carbocycles. The third-order valence-corrected chi connectivity index (χ3v) is 3.41. The molecule has 84 valence electrons. The van der Waals surface area contributed by atoms with Gasteiger partial charge in [0.05, 0.1) is 0 Å². The van der Waals surface area contributed by atoms with Crippen molar-refractivity contribution in [1.82, 2.24) is 0 Å². The summed E-state index contributed by atoms with van der Waals surface area (Å²) in [5.74, 6) is 0. The first-order chi connectivity index (χ1) is 6.99. The van der Waals surface area contributed by atoms with Crippen LogP contribution in [0.3, 0.4) is 0 Å². The second-order valence-electron chi connectivity index (χ2n) is 4.35. The van der Waals surface area contributed by atoms with Crippen LogP contribution in [0.2, 0.25) is 0 Å². The zero-order valence-electron chi connectivity index (χ0n) is 10.5. The molecule has 1 atom stereocenters. The zero-order valence-corrected chi connectivity index (χ0v) is 10.5. The average molecular weight is 206 g/mol. The van der Waals surface area contributed by atoms with E-state index in [0.29, 0.717) is 12.6 Å². The number of aryl methyl sites for hydroxylation is 1. The molecule has 0 amide bonds. The van der Waals surface area contributed by atoms with Gasteiger partial charge in [-0.25, -0.2) is 0 Å². The maximum atomic E-state index is 5.69. The number of nitrogens with two attached hydrogens (primary N) is 1. The van der Waals surface area contributed by atoms with Gasteiger partial charge in [0.15, 0.2) is 0 Å². The molecule has 0 saturated heterocycles. The molecule has 15 heavy (non-hydrogen) atoms. The molecule has 1 aromatic carbocycles. The highest BCUT2D eigenvalue weighted by Crippen LogP contribution is 2.25. The average Bonchev–Trinajstić information content (AvgIpc) is 2.24. The number of likely N-dealkylation sites (N-methyl/N-ethyl adjacent to an activating group) is 1. The standard InChI is InChI=1S/C13H22N2/c1-9-6-7-13(12(4)11(9)3)15(5)10(2)8-14/h6-7,10H,8,14H2,1-5H3. The van der Waals surface area contributed by atoms with E-state index in [1.807, 2.05) is 0 Å². The lowest BCUT2D eigenvalue weighted by molar-refractivity contribution is 0.693. The van der Waals surface area contributed by atoms with E-state index in [-0.39, 0.29) is 0 Å².